The highest BCUT2D eigenvalue weighted by molar-refractivity contribution is 5.75. The fraction of sp³-hybridized carbons (Fsp3) is 0.952. The van der Waals surface area contributed by atoms with E-state index < -0.39 is 254 Å². The van der Waals surface area contributed by atoms with Crippen molar-refractivity contribution in [2.24, 2.45) is 5.73 Å². The molecule has 6 saturated heterocycles. The van der Waals surface area contributed by atoms with Gasteiger partial charge < -0.3 is 170 Å². The third kappa shape index (κ3) is 13.5. The molecular weight excluding hydrogens is 1080 g/mol. The Morgan fingerprint density at radius 3 is 1.40 bits per heavy atom. The van der Waals surface area contributed by atoms with Crippen LogP contribution in [0.15, 0.2) is 0 Å². The predicted octanol–water partition coefficient (Wildman–Crippen LogP) is -15.4. The summed E-state index contributed by atoms with van der Waals surface area (Å²) in [6.07, 6.45) is -61.3. The van der Waals surface area contributed by atoms with Gasteiger partial charge in [-0.05, 0) is 0 Å². The first-order valence-electron chi connectivity index (χ1n) is 24.4. The molecule has 0 radical (unpaired) electrons. The Balaban J connectivity index is 1.28. The fourth-order valence-electron chi connectivity index (χ4n) is 9.83. The van der Waals surface area contributed by atoms with Crippen molar-refractivity contribution in [2.45, 2.75) is 209 Å². The van der Waals surface area contributed by atoms with Crippen molar-refractivity contribution in [3.05, 3.63) is 0 Å². The Kier molecular flexibility index (Phi) is 22.7. The normalized spacial score (nSPS) is 48.6. The quantitative estimate of drug-likeness (QED) is 0.0507. The molecule has 6 aliphatic heterocycles. The molecule has 0 spiro atoms. The fourth-order valence-corrected chi connectivity index (χ4v) is 9.83. The average molecular weight is 1150 g/mol. The molecule has 0 bridgehead atoms. The molecule has 6 aliphatic rings. The molecule has 0 aromatic carbocycles. The third-order valence-electron chi connectivity index (χ3n) is 14.1. The van der Waals surface area contributed by atoms with Gasteiger partial charge in [-0.15, -0.1) is 0 Å². The molecule has 1 amide bonds. The SMILES string of the molecule is CC(=O)N[C@H]1[C@H](O[C@H]2[C@H](O[C@@H]3[C@@H](N)[C@@H](O[C@@H]4[C@H](O)[C@@H](O[C@@H]5[C@H](O)[C@@H](O[C@H]6[C@@H]([C@H](O)CO)O[C@@](O)(C(=O)O)C[C@H]6O)O[C@H]([C@@H](O)CO)[C@H]5O)O[C@H]([C@@H](O)CO)[C@H]4O)O[C@H](CO)[C@@H]3O)O[C@H](CO)[C@@H](O)[C@@H]2O)O[C@H](CO)[C@@H](O)[C@@H]1O. The van der Waals surface area contributed by atoms with Gasteiger partial charge in [0, 0.05) is 13.3 Å². The molecule has 24 N–H and O–H groups in total. The van der Waals surface area contributed by atoms with Gasteiger partial charge in [0.1, 0.15) is 146 Å². The first-order chi connectivity index (χ1) is 36.7. The standard InChI is InChI=1S/C42H72N2O34/c1-9(51)44-18-22(59)19(56)14(6-48)69-37(18)77-35-23(60)20(57)15(7-49)70-40(35)74-32-17(43)36(68-16(8-50)21(32)58)75-33-24(61)28(11(53)3-45)72-39(26(33)63)76-34-25(62)29(12(54)4-46)71-38(27(34)64)73-30-10(52)2-42(67,41(65)66)78-31(30)13(55)5-47/h10-40,45-50,52-64,67H,2-8,43H2,1H3,(H,44,51)(H,65,66)/t10-,11+,12+,13-,14-,15-,16-,17-,18-,19-,20-,21+,22-,23+,24-,25-,26+,27+,28-,29-,30-,31-,32-,33+,34+,35-,36-,37+,38-,39-,40+,42-/m1/s1. The molecule has 32 atom stereocenters. The second-order valence-electron chi connectivity index (χ2n) is 19.5. The van der Waals surface area contributed by atoms with E-state index in [0.29, 0.717) is 0 Å². The number of hydrogen-bond donors (Lipinski definition) is 23. The summed E-state index contributed by atoms with van der Waals surface area (Å²) in [7, 11) is 0. The topological polar surface area (TPSA) is 599 Å². The molecule has 0 saturated carbocycles. The van der Waals surface area contributed by atoms with E-state index in [4.69, 9.17) is 57.8 Å². The minimum absolute atomic E-state index is 0.791. The van der Waals surface area contributed by atoms with Crippen LogP contribution in [0.3, 0.4) is 0 Å². The van der Waals surface area contributed by atoms with Crippen molar-refractivity contribution >= 4 is 11.9 Å². The van der Waals surface area contributed by atoms with Crippen LogP contribution in [0.1, 0.15) is 13.3 Å². The number of hydrogen-bond acceptors (Lipinski definition) is 34. The summed E-state index contributed by atoms with van der Waals surface area (Å²) < 4.78 is 62.6. The average Bonchev–Trinajstić information content (AvgIpc) is 3.48. The molecule has 36 nitrogen and oxygen atoms in total. The van der Waals surface area contributed by atoms with Gasteiger partial charge in [-0.25, -0.2) is 4.79 Å². The number of carboxylic acid groups (broad SMARTS) is 1. The molecule has 0 aromatic rings. The van der Waals surface area contributed by atoms with E-state index in [9.17, 15) is 117 Å². The van der Waals surface area contributed by atoms with Crippen LogP contribution in [0.2, 0.25) is 0 Å². The smallest absolute Gasteiger partial charge is 0.364 e. The van der Waals surface area contributed by atoms with Crippen molar-refractivity contribution in [3.8, 4) is 0 Å². The summed E-state index contributed by atoms with van der Waals surface area (Å²) in [5.41, 5.74) is 6.54. The number of ether oxygens (including phenoxy) is 11. The van der Waals surface area contributed by atoms with Crippen molar-refractivity contribution < 1.29 is 169 Å². The van der Waals surface area contributed by atoms with Gasteiger partial charge in [0.25, 0.3) is 5.79 Å². The number of nitrogens with two attached hydrogens (primary N) is 1. The third-order valence-corrected chi connectivity index (χ3v) is 14.1. The summed E-state index contributed by atoms with van der Waals surface area (Å²) >= 11 is 0. The molecule has 6 heterocycles. The van der Waals surface area contributed by atoms with Crippen molar-refractivity contribution in [1.29, 1.82) is 0 Å². The summed E-state index contributed by atoms with van der Waals surface area (Å²) in [6, 6.07) is -3.55. The first-order valence-corrected chi connectivity index (χ1v) is 24.4. The number of aliphatic hydroxyl groups excluding tert-OH is 19. The minimum atomic E-state index is -3.16. The lowest BCUT2D eigenvalue weighted by atomic mass is 9.91. The number of rotatable bonds is 21. The van der Waals surface area contributed by atoms with Gasteiger partial charge >= 0.3 is 5.97 Å². The van der Waals surface area contributed by atoms with Gasteiger partial charge in [-0.2, -0.15) is 0 Å². The molecule has 36 heteroatoms. The second kappa shape index (κ2) is 27.4. The van der Waals surface area contributed by atoms with E-state index in [1.165, 1.54) is 0 Å². The zero-order valence-electron chi connectivity index (χ0n) is 41.1. The number of aliphatic hydroxyl groups is 20. The minimum Gasteiger partial charge on any atom is -0.477 e. The Labute approximate surface area is 440 Å². The van der Waals surface area contributed by atoms with E-state index in [1.54, 1.807) is 0 Å². The first kappa shape index (κ1) is 64.8. The summed E-state index contributed by atoms with van der Waals surface area (Å²) in [5, 5.41) is 227. The maximum absolute atomic E-state index is 12.1. The molecule has 6 fully saturated rings. The van der Waals surface area contributed by atoms with Crippen LogP contribution >= 0.6 is 0 Å². The zero-order valence-corrected chi connectivity index (χ0v) is 41.1. The maximum Gasteiger partial charge on any atom is 0.364 e. The van der Waals surface area contributed by atoms with Crippen LogP contribution in [0.5, 0.6) is 0 Å². The van der Waals surface area contributed by atoms with Crippen LogP contribution in [0, 0.1) is 0 Å². The van der Waals surface area contributed by atoms with E-state index >= 15 is 0 Å². The molecule has 78 heavy (non-hydrogen) atoms. The summed E-state index contributed by atoms with van der Waals surface area (Å²) in [5.74, 6) is -5.99. The van der Waals surface area contributed by atoms with Gasteiger partial charge in [0.2, 0.25) is 5.91 Å². The molecule has 0 aliphatic carbocycles. The van der Waals surface area contributed by atoms with Gasteiger partial charge in [-0.1, -0.05) is 0 Å². The Morgan fingerprint density at radius 2 is 0.923 bits per heavy atom. The Bertz CT molecular complexity index is 1910. The summed E-state index contributed by atoms with van der Waals surface area (Å²) in [6.45, 7) is -5.53. The predicted molar refractivity (Wildman–Crippen MR) is 236 cm³/mol. The Morgan fingerprint density at radius 1 is 0.513 bits per heavy atom. The van der Waals surface area contributed by atoms with Gasteiger partial charge in [0.15, 0.2) is 31.5 Å². The lowest BCUT2D eigenvalue weighted by Crippen LogP contribution is -2.70. The summed E-state index contributed by atoms with van der Waals surface area (Å²) in [4.78, 5) is 24.0. The molecule has 6 rings (SSSR count). The van der Waals surface area contributed by atoms with E-state index in [0.717, 1.165) is 6.92 Å². The second-order valence-corrected chi connectivity index (χ2v) is 19.5. The van der Waals surface area contributed by atoms with Crippen LogP contribution in [0.4, 0.5) is 0 Å². The van der Waals surface area contributed by atoms with E-state index in [-0.39, 0.29) is 0 Å². The maximum atomic E-state index is 12.1. The number of carboxylic acids is 1. The number of amides is 1. The lowest BCUT2D eigenvalue weighted by Gasteiger charge is -2.51. The molecule has 0 aromatic heterocycles. The van der Waals surface area contributed by atoms with Crippen molar-refractivity contribution in [2.75, 3.05) is 39.6 Å². The number of aliphatic carboxylic acids is 1. The highest BCUT2D eigenvalue weighted by Gasteiger charge is 2.60. The molecular formula is C42H72N2O34. The van der Waals surface area contributed by atoms with E-state index in [2.05, 4.69) is 5.32 Å². The van der Waals surface area contributed by atoms with Crippen LogP contribution < -0.4 is 11.1 Å². The van der Waals surface area contributed by atoms with E-state index in [1.807, 2.05) is 0 Å². The molecule has 454 valence electrons. The Hall–Kier alpha value is -2.34. The number of nitrogens with one attached hydrogen (secondary N) is 1. The molecule has 0 unspecified atom stereocenters. The van der Waals surface area contributed by atoms with Crippen LogP contribution in [-0.2, 0) is 61.7 Å². The van der Waals surface area contributed by atoms with Crippen molar-refractivity contribution in [1.82, 2.24) is 5.32 Å². The highest BCUT2D eigenvalue weighted by atomic mass is 16.8. The van der Waals surface area contributed by atoms with Crippen LogP contribution in [-0.4, -0.2) is 355 Å². The number of carbonyl (C=O) groups is 2. The zero-order chi connectivity index (χ0) is 58.0. The van der Waals surface area contributed by atoms with Gasteiger partial charge in [-0.3, -0.25) is 4.79 Å². The highest BCUT2D eigenvalue weighted by Crippen LogP contribution is 2.39. The lowest BCUT2D eigenvalue weighted by molar-refractivity contribution is -0.396. The van der Waals surface area contributed by atoms with Gasteiger partial charge in [0.05, 0.1) is 51.8 Å². The monoisotopic (exact) mass is 1150 g/mol. The van der Waals surface area contributed by atoms with Crippen molar-refractivity contribution in [3.63, 3.8) is 0 Å². The number of carbonyl (C=O) groups excluding carboxylic acids is 1. The largest absolute Gasteiger partial charge is 0.477 e. The van der Waals surface area contributed by atoms with Crippen LogP contribution in [0.25, 0.3) is 0 Å².